The van der Waals surface area contributed by atoms with Gasteiger partial charge < -0.3 is 18.2 Å². The average Bonchev–Trinajstić information content (AvgIpc) is 3.82. The molecule has 0 amide bonds. The highest BCUT2D eigenvalue weighted by Gasteiger charge is 2.19. The predicted molar refractivity (Wildman–Crippen MR) is 196 cm³/mol. The van der Waals surface area contributed by atoms with Crippen molar-refractivity contribution in [3.8, 4) is 0 Å². The van der Waals surface area contributed by atoms with E-state index in [1.54, 1.807) is 6.20 Å². The summed E-state index contributed by atoms with van der Waals surface area (Å²) < 4.78 is 19.2. The standard InChI is InChI=1S/C43H24N2O3/c1-3-9-37-30(6-1)32-19-16-28(23-39(32)46-37)45(29-17-20-33-31-7-2-4-10-38(31)47-40(33)24-29)27-15-13-25-11-12-26-14-18-34-35-8-5-21-44-43(35)48-42(34)41(26)36(25)22-27/h1-24H. The molecule has 0 saturated carbocycles. The Balaban J connectivity index is 1.19. The van der Waals surface area contributed by atoms with Gasteiger partial charge in [0.15, 0.2) is 0 Å². The van der Waals surface area contributed by atoms with E-state index >= 15 is 0 Å². The van der Waals surface area contributed by atoms with E-state index in [4.69, 9.17) is 13.3 Å². The predicted octanol–water partition coefficient (Wildman–Crippen LogP) is 12.6. The van der Waals surface area contributed by atoms with Gasteiger partial charge in [-0.3, -0.25) is 0 Å². The van der Waals surface area contributed by atoms with Crippen molar-refractivity contribution in [3.63, 3.8) is 0 Å². The second-order valence-electron chi connectivity index (χ2n) is 12.4. The molecule has 11 rings (SSSR count). The van der Waals surface area contributed by atoms with Gasteiger partial charge in [0.1, 0.15) is 27.9 Å². The Morgan fingerprint density at radius 2 is 0.938 bits per heavy atom. The molecule has 0 radical (unpaired) electrons. The van der Waals surface area contributed by atoms with Crippen molar-refractivity contribution >= 4 is 105 Å². The van der Waals surface area contributed by atoms with Crippen LogP contribution in [0.1, 0.15) is 0 Å². The third-order valence-corrected chi connectivity index (χ3v) is 9.70. The van der Waals surface area contributed by atoms with Gasteiger partial charge in [-0.25, -0.2) is 4.98 Å². The summed E-state index contributed by atoms with van der Waals surface area (Å²) in [6.07, 6.45) is 1.78. The maximum absolute atomic E-state index is 6.45. The highest BCUT2D eigenvalue weighted by molar-refractivity contribution is 6.23. The molecule has 0 atom stereocenters. The number of fused-ring (bicyclic) bond motifs is 13. The van der Waals surface area contributed by atoms with Crippen LogP contribution in [-0.4, -0.2) is 4.98 Å². The molecular weight excluding hydrogens is 592 g/mol. The van der Waals surface area contributed by atoms with Crippen molar-refractivity contribution in [2.24, 2.45) is 0 Å². The summed E-state index contributed by atoms with van der Waals surface area (Å²) in [4.78, 5) is 6.79. The lowest BCUT2D eigenvalue weighted by atomic mass is 9.98. The number of rotatable bonds is 3. The molecule has 0 N–H and O–H groups in total. The summed E-state index contributed by atoms with van der Waals surface area (Å²) in [6, 6.07) is 48.6. The summed E-state index contributed by atoms with van der Waals surface area (Å²) in [7, 11) is 0. The molecule has 0 aliphatic rings. The van der Waals surface area contributed by atoms with Crippen LogP contribution in [-0.2, 0) is 0 Å². The molecule has 0 fully saturated rings. The first-order valence-electron chi connectivity index (χ1n) is 16.0. The number of anilines is 3. The largest absolute Gasteiger partial charge is 0.456 e. The smallest absolute Gasteiger partial charge is 0.227 e. The highest BCUT2D eigenvalue weighted by atomic mass is 16.3. The van der Waals surface area contributed by atoms with E-state index in [0.29, 0.717) is 5.71 Å². The first-order valence-corrected chi connectivity index (χ1v) is 16.0. The number of aromatic nitrogens is 1. The van der Waals surface area contributed by atoms with Gasteiger partial charge in [0.2, 0.25) is 5.71 Å². The molecule has 0 bridgehead atoms. The van der Waals surface area contributed by atoms with Crippen LogP contribution < -0.4 is 4.90 Å². The van der Waals surface area contributed by atoms with Gasteiger partial charge >= 0.3 is 0 Å². The summed E-state index contributed by atoms with van der Waals surface area (Å²) in [5, 5.41) is 10.9. The quantitative estimate of drug-likeness (QED) is 0.185. The minimum atomic E-state index is 0.646. The second kappa shape index (κ2) is 9.47. The molecule has 11 aromatic rings. The molecule has 7 aromatic carbocycles. The lowest BCUT2D eigenvalue weighted by Gasteiger charge is -2.26. The number of nitrogens with zero attached hydrogens (tertiary/aromatic N) is 2. The van der Waals surface area contributed by atoms with Crippen LogP contribution >= 0.6 is 0 Å². The van der Waals surface area contributed by atoms with Crippen LogP contribution in [0.25, 0.3) is 87.5 Å². The zero-order chi connectivity index (χ0) is 31.3. The van der Waals surface area contributed by atoms with Crippen molar-refractivity contribution in [1.29, 1.82) is 0 Å². The minimum Gasteiger partial charge on any atom is -0.456 e. The van der Waals surface area contributed by atoms with E-state index in [2.05, 4.69) is 119 Å². The van der Waals surface area contributed by atoms with Crippen molar-refractivity contribution in [2.75, 3.05) is 4.90 Å². The first kappa shape index (κ1) is 25.6. The number of furan rings is 3. The fraction of sp³-hybridized carbons (Fsp3) is 0. The van der Waals surface area contributed by atoms with E-state index in [1.807, 2.05) is 30.3 Å². The Kier molecular flexibility index (Phi) is 5.05. The Morgan fingerprint density at radius 3 is 1.67 bits per heavy atom. The fourth-order valence-corrected chi connectivity index (χ4v) is 7.49. The molecule has 48 heavy (non-hydrogen) atoms. The molecule has 5 heteroatoms. The molecule has 0 aliphatic heterocycles. The molecule has 224 valence electrons. The fourth-order valence-electron chi connectivity index (χ4n) is 7.49. The van der Waals surface area contributed by atoms with Crippen molar-refractivity contribution < 1.29 is 13.3 Å². The van der Waals surface area contributed by atoms with Gasteiger partial charge in [0.25, 0.3) is 0 Å². The van der Waals surface area contributed by atoms with Gasteiger partial charge in [-0.1, -0.05) is 60.7 Å². The van der Waals surface area contributed by atoms with Gasteiger partial charge in [0.05, 0.1) is 0 Å². The normalized spacial score (nSPS) is 12.2. The topological polar surface area (TPSA) is 55.6 Å². The Labute approximate surface area is 272 Å². The molecule has 0 unspecified atom stereocenters. The summed E-state index contributed by atoms with van der Waals surface area (Å²) in [6.45, 7) is 0. The molecule has 0 aliphatic carbocycles. The Hall–Kier alpha value is -6.59. The maximum Gasteiger partial charge on any atom is 0.227 e. The SMILES string of the molecule is c1ccc2c(c1)oc1cc(N(c3ccc4c(c3)oc3ccccc34)c3ccc4ccc5ccc6c7cccnc7oc6c5c4c3)ccc12. The maximum atomic E-state index is 6.45. The molecule has 5 nitrogen and oxygen atoms in total. The zero-order valence-corrected chi connectivity index (χ0v) is 25.5. The molecular formula is C43H24N2O3. The third kappa shape index (κ3) is 3.58. The summed E-state index contributed by atoms with van der Waals surface area (Å²) >= 11 is 0. The zero-order valence-electron chi connectivity index (χ0n) is 25.5. The lowest BCUT2D eigenvalue weighted by molar-refractivity contribution is 0.658. The van der Waals surface area contributed by atoms with Gasteiger partial charge in [-0.05, 0) is 82.9 Å². The second-order valence-corrected chi connectivity index (χ2v) is 12.4. The summed E-state index contributed by atoms with van der Waals surface area (Å²) in [5.74, 6) is 0. The highest BCUT2D eigenvalue weighted by Crippen LogP contribution is 2.43. The Bertz CT molecular complexity index is 2980. The van der Waals surface area contributed by atoms with Crippen LogP contribution in [0, 0.1) is 0 Å². The first-order chi connectivity index (χ1) is 23.8. The summed E-state index contributed by atoms with van der Waals surface area (Å²) in [5.41, 5.74) is 7.90. The third-order valence-electron chi connectivity index (χ3n) is 9.70. The average molecular weight is 617 g/mol. The van der Waals surface area contributed by atoms with Crippen molar-refractivity contribution in [2.45, 2.75) is 0 Å². The minimum absolute atomic E-state index is 0.646. The van der Waals surface area contributed by atoms with E-state index in [1.165, 1.54) is 0 Å². The van der Waals surface area contributed by atoms with E-state index < -0.39 is 0 Å². The molecule has 4 aromatic heterocycles. The number of benzene rings is 7. The van der Waals surface area contributed by atoms with Gasteiger partial charge in [-0.2, -0.15) is 0 Å². The van der Waals surface area contributed by atoms with Crippen LogP contribution in [0.2, 0.25) is 0 Å². The van der Waals surface area contributed by atoms with Crippen LogP contribution in [0.4, 0.5) is 17.1 Å². The lowest BCUT2D eigenvalue weighted by Crippen LogP contribution is -2.09. The number of para-hydroxylation sites is 2. The van der Waals surface area contributed by atoms with Crippen molar-refractivity contribution in [3.05, 3.63) is 146 Å². The molecule has 0 saturated heterocycles. The number of hydrogen-bond donors (Lipinski definition) is 0. The van der Waals surface area contributed by atoms with E-state index in [-0.39, 0.29) is 0 Å². The van der Waals surface area contributed by atoms with Gasteiger partial charge in [-0.15, -0.1) is 0 Å². The molecule has 0 spiro atoms. The van der Waals surface area contributed by atoms with Gasteiger partial charge in [0, 0.05) is 73.1 Å². The number of pyridine rings is 1. The number of hydrogen-bond acceptors (Lipinski definition) is 5. The van der Waals surface area contributed by atoms with E-state index in [0.717, 1.165) is 98.8 Å². The Morgan fingerprint density at radius 1 is 0.396 bits per heavy atom. The van der Waals surface area contributed by atoms with E-state index in [9.17, 15) is 0 Å². The van der Waals surface area contributed by atoms with Crippen LogP contribution in [0.5, 0.6) is 0 Å². The molecule has 4 heterocycles. The van der Waals surface area contributed by atoms with Crippen LogP contribution in [0.15, 0.2) is 159 Å². The van der Waals surface area contributed by atoms with Crippen LogP contribution in [0.3, 0.4) is 0 Å². The monoisotopic (exact) mass is 616 g/mol. The van der Waals surface area contributed by atoms with Crippen molar-refractivity contribution in [1.82, 2.24) is 4.98 Å².